The zero-order chi connectivity index (χ0) is 16.7. The van der Waals surface area contributed by atoms with Crippen molar-refractivity contribution in [3.05, 3.63) is 23.8 Å². The first-order valence-electron chi connectivity index (χ1n) is 8.98. The largest absolute Gasteiger partial charge is 0.507 e. The molecule has 2 aliphatic carbocycles. The van der Waals surface area contributed by atoms with Gasteiger partial charge in [-0.1, -0.05) is 25.7 Å². The molecule has 2 saturated carbocycles. The topological polar surface area (TPSA) is 67.8 Å². The molecule has 1 heterocycles. The van der Waals surface area contributed by atoms with Crippen molar-refractivity contribution < 1.29 is 19.4 Å². The number of aromatic hydroxyl groups is 1. The lowest BCUT2D eigenvalue weighted by Crippen LogP contribution is -2.63. The lowest BCUT2D eigenvalue weighted by Gasteiger charge is -2.50. The van der Waals surface area contributed by atoms with E-state index in [1.54, 1.807) is 19.2 Å². The Hall–Kier alpha value is -1.75. The fraction of sp³-hybridized carbons (Fsp3) is 0.632. The van der Waals surface area contributed by atoms with Crippen molar-refractivity contribution in [3.8, 4) is 11.5 Å². The summed E-state index contributed by atoms with van der Waals surface area (Å²) in [4.78, 5) is 12.7. The average Bonchev–Trinajstić information content (AvgIpc) is 3.24. The van der Waals surface area contributed by atoms with E-state index in [0.717, 1.165) is 13.0 Å². The molecule has 24 heavy (non-hydrogen) atoms. The maximum Gasteiger partial charge on any atom is 0.255 e. The van der Waals surface area contributed by atoms with Crippen LogP contribution >= 0.6 is 0 Å². The molecule has 5 nitrogen and oxygen atoms in total. The van der Waals surface area contributed by atoms with Gasteiger partial charge in [-0.2, -0.15) is 0 Å². The summed E-state index contributed by atoms with van der Waals surface area (Å²) >= 11 is 0. The van der Waals surface area contributed by atoms with Crippen molar-refractivity contribution >= 4 is 5.91 Å². The van der Waals surface area contributed by atoms with Gasteiger partial charge in [0.1, 0.15) is 11.5 Å². The minimum absolute atomic E-state index is 0.00994. The maximum absolute atomic E-state index is 12.7. The first-order valence-corrected chi connectivity index (χ1v) is 8.98. The molecule has 2 N–H and O–H groups in total. The van der Waals surface area contributed by atoms with Crippen LogP contribution in [0.5, 0.6) is 11.5 Å². The van der Waals surface area contributed by atoms with E-state index < -0.39 is 0 Å². The molecule has 3 aliphatic rings. The number of benzene rings is 1. The summed E-state index contributed by atoms with van der Waals surface area (Å²) in [5.41, 5.74) is 0.280. The van der Waals surface area contributed by atoms with Gasteiger partial charge in [0.05, 0.1) is 18.8 Å². The van der Waals surface area contributed by atoms with Crippen LogP contribution in [-0.4, -0.2) is 36.9 Å². The Balaban J connectivity index is 1.52. The average molecular weight is 331 g/mol. The highest BCUT2D eigenvalue weighted by Gasteiger charge is 2.57. The molecule has 4 rings (SSSR count). The number of carbonyl (C=O) groups excluding carboxylic acids is 1. The maximum atomic E-state index is 12.7. The number of ether oxygens (including phenoxy) is 2. The summed E-state index contributed by atoms with van der Waals surface area (Å²) in [6.07, 6.45) is 6.40. The second-order valence-corrected chi connectivity index (χ2v) is 7.29. The summed E-state index contributed by atoms with van der Waals surface area (Å²) < 4.78 is 11.1. The molecule has 1 saturated heterocycles. The van der Waals surface area contributed by atoms with Crippen molar-refractivity contribution in [2.75, 3.05) is 13.7 Å². The molecule has 1 amide bonds. The van der Waals surface area contributed by atoms with Crippen molar-refractivity contribution in [2.45, 2.75) is 44.2 Å². The van der Waals surface area contributed by atoms with Crippen molar-refractivity contribution in [1.29, 1.82) is 0 Å². The normalized spacial score (nSPS) is 32.2. The van der Waals surface area contributed by atoms with Gasteiger partial charge >= 0.3 is 0 Å². The van der Waals surface area contributed by atoms with E-state index in [0.29, 0.717) is 29.6 Å². The van der Waals surface area contributed by atoms with Gasteiger partial charge in [0.25, 0.3) is 5.91 Å². The number of nitrogens with one attached hydrogen (secondary N) is 1. The van der Waals surface area contributed by atoms with Crippen LogP contribution in [0.3, 0.4) is 0 Å². The monoisotopic (exact) mass is 331 g/mol. The van der Waals surface area contributed by atoms with Gasteiger partial charge in [-0.3, -0.25) is 4.79 Å². The van der Waals surface area contributed by atoms with Crippen molar-refractivity contribution in [2.24, 2.45) is 17.8 Å². The zero-order valence-electron chi connectivity index (χ0n) is 14.0. The molecule has 130 valence electrons. The standard InChI is InChI=1S/C19H25NO4/c1-23-12-6-7-15(21)14(10-12)19(22)20-17-13-8-9-24-18(13)16(17)11-4-2-3-5-11/h6-7,10-11,13,16-18,21H,2-5,8-9H2,1H3,(H,20,22)/t13-,16+,17+,18-/m0/s1. The second kappa shape index (κ2) is 6.28. The number of phenols is 1. The quantitative estimate of drug-likeness (QED) is 0.890. The Kier molecular flexibility index (Phi) is 4.12. The summed E-state index contributed by atoms with van der Waals surface area (Å²) in [6, 6.07) is 4.91. The Morgan fingerprint density at radius 1 is 1.29 bits per heavy atom. The Labute approximate surface area is 142 Å². The first kappa shape index (κ1) is 15.8. The lowest BCUT2D eigenvalue weighted by atomic mass is 9.61. The van der Waals surface area contributed by atoms with E-state index in [-0.39, 0.29) is 23.3 Å². The summed E-state index contributed by atoms with van der Waals surface area (Å²) in [5, 5.41) is 13.2. The van der Waals surface area contributed by atoms with Crippen LogP contribution in [-0.2, 0) is 4.74 Å². The molecule has 4 atom stereocenters. The third-order valence-corrected chi connectivity index (χ3v) is 6.13. The zero-order valence-corrected chi connectivity index (χ0v) is 14.0. The highest BCUT2D eigenvalue weighted by molar-refractivity contribution is 5.97. The Bertz CT molecular complexity index is 621. The minimum Gasteiger partial charge on any atom is -0.507 e. The molecule has 0 aromatic heterocycles. The van der Waals surface area contributed by atoms with Crippen molar-refractivity contribution in [1.82, 2.24) is 5.32 Å². The van der Waals surface area contributed by atoms with Crippen LogP contribution in [0, 0.1) is 17.8 Å². The molecule has 0 spiro atoms. The van der Waals surface area contributed by atoms with Gasteiger partial charge in [0, 0.05) is 24.5 Å². The highest BCUT2D eigenvalue weighted by atomic mass is 16.5. The second-order valence-electron chi connectivity index (χ2n) is 7.29. The number of hydrogen-bond acceptors (Lipinski definition) is 4. The smallest absolute Gasteiger partial charge is 0.255 e. The van der Waals surface area contributed by atoms with E-state index in [2.05, 4.69) is 5.32 Å². The summed E-state index contributed by atoms with van der Waals surface area (Å²) in [7, 11) is 1.55. The minimum atomic E-state index is -0.218. The number of amides is 1. The van der Waals surface area contributed by atoms with Gasteiger partial charge in [-0.25, -0.2) is 0 Å². The fourth-order valence-electron chi connectivity index (χ4n) is 4.91. The van der Waals surface area contributed by atoms with E-state index in [1.807, 2.05) is 0 Å². The van der Waals surface area contributed by atoms with Crippen LogP contribution in [0.25, 0.3) is 0 Å². The highest BCUT2D eigenvalue weighted by Crippen LogP contribution is 2.51. The van der Waals surface area contributed by atoms with Gasteiger partial charge in [-0.05, 0) is 30.5 Å². The molecular formula is C19H25NO4. The number of rotatable bonds is 4. The number of phenolic OH excluding ortho intramolecular Hbond substituents is 1. The van der Waals surface area contributed by atoms with Gasteiger partial charge in [0.15, 0.2) is 0 Å². The van der Waals surface area contributed by atoms with E-state index in [4.69, 9.17) is 9.47 Å². The number of hydrogen-bond donors (Lipinski definition) is 2. The first-order chi connectivity index (χ1) is 11.7. The van der Waals surface area contributed by atoms with Crippen LogP contribution in [0.4, 0.5) is 0 Å². The van der Waals surface area contributed by atoms with Gasteiger partial charge in [0.2, 0.25) is 0 Å². The molecule has 5 heteroatoms. The molecule has 0 radical (unpaired) electrons. The van der Waals surface area contributed by atoms with Crippen LogP contribution in [0.1, 0.15) is 42.5 Å². The van der Waals surface area contributed by atoms with E-state index >= 15 is 0 Å². The number of methoxy groups -OCH3 is 1. The molecule has 3 fully saturated rings. The van der Waals surface area contributed by atoms with Gasteiger partial charge in [-0.15, -0.1) is 0 Å². The predicted molar refractivity (Wildman–Crippen MR) is 89.2 cm³/mol. The van der Waals surface area contributed by atoms with Crippen LogP contribution in [0.15, 0.2) is 18.2 Å². The number of fused-ring (bicyclic) bond motifs is 1. The lowest BCUT2D eigenvalue weighted by molar-refractivity contribution is -0.0784. The van der Waals surface area contributed by atoms with E-state index in [9.17, 15) is 9.90 Å². The summed E-state index contributed by atoms with van der Waals surface area (Å²) in [5.74, 6) is 1.85. The third-order valence-electron chi connectivity index (χ3n) is 6.13. The van der Waals surface area contributed by atoms with Crippen LogP contribution in [0.2, 0.25) is 0 Å². The molecule has 1 aromatic carbocycles. The fourth-order valence-corrected chi connectivity index (χ4v) is 4.91. The van der Waals surface area contributed by atoms with Crippen LogP contribution < -0.4 is 10.1 Å². The molecular weight excluding hydrogens is 306 g/mol. The molecule has 0 bridgehead atoms. The number of carbonyl (C=O) groups is 1. The SMILES string of the molecule is COc1ccc(O)c(C(=O)N[C@@H]2[C@@H]3CCO[C@@H]3[C@@H]2C2CCCC2)c1. The van der Waals surface area contributed by atoms with E-state index in [1.165, 1.54) is 31.7 Å². The molecule has 1 aromatic rings. The van der Waals surface area contributed by atoms with Gasteiger partial charge < -0.3 is 19.9 Å². The predicted octanol–water partition coefficient (Wildman–Crippen LogP) is 2.72. The third kappa shape index (κ3) is 2.55. The van der Waals surface area contributed by atoms with Crippen molar-refractivity contribution in [3.63, 3.8) is 0 Å². The summed E-state index contributed by atoms with van der Waals surface area (Å²) in [6.45, 7) is 0.801. The Morgan fingerprint density at radius 2 is 2.08 bits per heavy atom. The molecule has 1 aliphatic heterocycles. The molecule has 0 unspecified atom stereocenters. The Morgan fingerprint density at radius 3 is 2.83 bits per heavy atom.